The zero-order valence-corrected chi connectivity index (χ0v) is 25.6. The second kappa shape index (κ2) is 15.0. The summed E-state index contributed by atoms with van der Waals surface area (Å²) in [6, 6.07) is 26.3. The van der Waals surface area contributed by atoms with Crippen molar-refractivity contribution in [1.29, 1.82) is 0 Å². The lowest BCUT2D eigenvalue weighted by molar-refractivity contribution is -0.141. The Balaban J connectivity index is 1.57. The van der Waals surface area contributed by atoms with Crippen molar-refractivity contribution in [3.63, 3.8) is 0 Å². The normalized spacial score (nSPS) is 14.6. The summed E-state index contributed by atoms with van der Waals surface area (Å²) in [5, 5.41) is 3.26. The van der Waals surface area contributed by atoms with Gasteiger partial charge in [0.05, 0.1) is 11.9 Å². The number of rotatable bonds is 13. The summed E-state index contributed by atoms with van der Waals surface area (Å²) in [6.07, 6.45) is 7.32. The van der Waals surface area contributed by atoms with E-state index in [2.05, 4.69) is 5.32 Å². The van der Waals surface area contributed by atoms with Crippen molar-refractivity contribution < 1.29 is 18.0 Å². The molecule has 1 aliphatic rings. The van der Waals surface area contributed by atoms with Crippen LogP contribution >= 0.6 is 0 Å². The summed E-state index contributed by atoms with van der Waals surface area (Å²) < 4.78 is 26.7. The highest BCUT2D eigenvalue weighted by molar-refractivity contribution is 7.92. The maximum absolute atomic E-state index is 14.0. The van der Waals surface area contributed by atoms with E-state index in [-0.39, 0.29) is 30.8 Å². The number of anilines is 1. The Hall–Kier alpha value is -3.65. The van der Waals surface area contributed by atoms with Gasteiger partial charge in [0.1, 0.15) is 6.04 Å². The van der Waals surface area contributed by atoms with Crippen LogP contribution in [-0.2, 0) is 32.6 Å². The lowest BCUT2D eigenvalue weighted by Gasteiger charge is -2.34. The van der Waals surface area contributed by atoms with Gasteiger partial charge >= 0.3 is 0 Å². The van der Waals surface area contributed by atoms with E-state index < -0.39 is 16.1 Å². The lowest BCUT2D eigenvalue weighted by Crippen LogP contribution is -2.52. The molecule has 2 amide bonds. The average molecular weight is 590 g/mol. The van der Waals surface area contributed by atoms with Crippen molar-refractivity contribution in [1.82, 2.24) is 10.2 Å². The van der Waals surface area contributed by atoms with Crippen LogP contribution < -0.4 is 9.62 Å². The van der Waals surface area contributed by atoms with Gasteiger partial charge in [-0.3, -0.25) is 13.9 Å². The molecule has 1 unspecified atom stereocenters. The van der Waals surface area contributed by atoms with E-state index in [0.717, 1.165) is 42.4 Å². The van der Waals surface area contributed by atoms with Crippen LogP contribution in [0, 0.1) is 6.92 Å². The van der Waals surface area contributed by atoms with E-state index in [1.165, 1.54) is 17.0 Å². The van der Waals surface area contributed by atoms with Gasteiger partial charge in [-0.05, 0) is 55.0 Å². The molecular weight excluding hydrogens is 546 g/mol. The highest BCUT2D eigenvalue weighted by Crippen LogP contribution is 2.22. The molecule has 224 valence electrons. The first-order valence-corrected chi connectivity index (χ1v) is 16.8. The molecule has 4 rings (SSSR count). The largest absolute Gasteiger partial charge is 0.352 e. The number of carbonyl (C=O) groups excluding carboxylic acids is 2. The molecular formula is C34H43N3O4S. The molecule has 8 heteroatoms. The first kappa shape index (κ1) is 31.3. The molecule has 0 heterocycles. The summed E-state index contributed by atoms with van der Waals surface area (Å²) in [4.78, 5) is 29.6. The predicted molar refractivity (Wildman–Crippen MR) is 169 cm³/mol. The maximum Gasteiger partial charge on any atom is 0.243 e. The van der Waals surface area contributed by atoms with Crippen molar-refractivity contribution in [2.24, 2.45) is 0 Å². The number of aryl methyl sites for hydroxylation is 1. The first-order valence-electron chi connectivity index (χ1n) is 14.9. The molecule has 0 bridgehead atoms. The summed E-state index contributed by atoms with van der Waals surface area (Å²) in [7, 11) is -3.54. The molecule has 0 aliphatic heterocycles. The highest BCUT2D eigenvalue weighted by Gasteiger charge is 2.32. The number of hydrogen-bond donors (Lipinski definition) is 1. The standard InChI is InChI=1S/C34H43N3O4S/c1-27-14-12-21-31(24-27)37(42(2,40)41)23-13-22-33(38)36(26-29-17-8-4-9-18-29)32(25-28-15-6-3-7-16-28)34(39)35-30-19-10-5-11-20-30/h3-4,6-9,12,14-18,21,24,30,32H,5,10-11,13,19-20,22-23,25-26H2,1-2H3,(H,35,39). The summed E-state index contributed by atoms with van der Waals surface area (Å²) in [5.74, 6) is -0.302. The second-order valence-corrected chi connectivity index (χ2v) is 13.2. The lowest BCUT2D eigenvalue weighted by atomic mass is 9.94. The number of nitrogens with one attached hydrogen (secondary N) is 1. The topological polar surface area (TPSA) is 86.8 Å². The molecule has 0 saturated heterocycles. The first-order chi connectivity index (χ1) is 20.2. The van der Waals surface area contributed by atoms with Gasteiger partial charge in [0, 0.05) is 32.0 Å². The van der Waals surface area contributed by atoms with Crippen LogP contribution in [0.15, 0.2) is 84.9 Å². The van der Waals surface area contributed by atoms with Crippen LogP contribution in [0.5, 0.6) is 0 Å². The number of sulfonamides is 1. The number of carbonyl (C=O) groups is 2. The Bertz CT molecular complexity index is 1410. The Kier molecular flexibility index (Phi) is 11.2. The van der Waals surface area contributed by atoms with Gasteiger partial charge in [-0.25, -0.2) is 8.42 Å². The second-order valence-electron chi connectivity index (χ2n) is 11.3. The van der Waals surface area contributed by atoms with Crippen LogP contribution in [0.4, 0.5) is 5.69 Å². The molecule has 1 saturated carbocycles. The minimum atomic E-state index is -3.54. The average Bonchev–Trinajstić information content (AvgIpc) is 2.98. The quantitative estimate of drug-likeness (QED) is 0.280. The molecule has 1 N–H and O–H groups in total. The van der Waals surface area contributed by atoms with E-state index in [0.29, 0.717) is 25.1 Å². The number of benzene rings is 3. The number of hydrogen-bond acceptors (Lipinski definition) is 4. The van der Waals surface area contributed by atoms with E-state index in [1.807, 2.05) is 85.8 Å². The van der Waals surface area contributed by atoms with Crippen molar-refractivity contribution in [3.8, 4) is 0 Å². The molecule has 1 fully saturated rings. The van der Waals surface area contributed by atoms with Crippen LogP contribution in [-0.4, -0.2) is 50.0 Å². The number of amides is 2. The third-order valence-electron chi connectivity index (χ3n) is 7.86. The SMILES string of the molecule is Cc1cccc(N(CCCC(=O)N(Cc2ccccc2)C(Cc2ccccc2)C(=O)NC2CCCCC2)S(C)(=O)=O)c1. The zero-order chi connectivity index (χ0) is 30.0. The third-order valence-corrected chi connectivity index (χ3v) is 9.05. The van der Waals surface area contributed by atoms with E-state index in [1.54, 1.807) is 11.0 Å². The van der Waals surface area contributed by atoms with Crippen molar-refractivity contribution >= 4 is 27.5 Å². The van der Waals surface area contributed by atoms with Crippen LogP contribution in [0.1, 0.15) is 61.6 Å². The van der Waals surface area contributed by atoms with Gasteiger partial charge in [0.2, 0.25) is 21.8 Å². The molecule has 3 aromatic carbocycles. The predicted octanol–water partition coefficient (Wildman–Crippen LogP) is 5.63. The summed E-state index contributed by atoms with van der Waals surface area (Å²) in [6.45, 7) is 2.38. The summed E-state index contributed by atoms with van der Waals surface area (Å²) >= 11 is 0. The van der Waals surface area contributed by atoms with Crippen molar-refractivity contribution in [3.05, 3.63) is 102 Å². The fourth-order valence-corrected chi connectivity index (χ4v) is 6.62. The molecule has 1 atom stereocenters. The van der Waals surface area contributed by atoms with Gasteiger partial charge in [0.15, 0.2) is 0 Å². The van der Waals surface area contributed by atoms with E-state index >= 15 is 0 Å². The highest BCUT2D eigenvalue weighted by atomic mass is 32.2. The van der Waals surface area contributed by atoms with Gasteiger partial charge in [-0.1, -0.05) is 92.1 Å². The molecule has 7 nitrogen and oxygen atoms in total. The van der Waals surface area contributed by atoms with Gasteiger partial charge < -0.3 is 10.2 Å². The smallest absolute Gasteiger partial charge is 0.243 e. The Labute approximate surface area is 251 Å². The molecule has 1 aliphatic carbocycles. The fraction of sp³-hybridized carbons (Fsp3) is 0.412. The molecule has 42 heavy (non-hydrogen) atoms. The molecule has 0 spiro atoms. The molecule has 0 radical (unpaired) electrons. The van der Waals surface area contributed by atoms with Crippen molar-refractivity contribution in [2.75, 3.05) is 17.1 Å². The third kappa shape index (κ3) is 9.18. The molecule has 0 aromatic heterocycles. The van der Waals surface area contributed by atoms with Gasteiger partial charge in [0.25, 0.3) is 0 Å². The van der Waals surface area contributed by atoms with Crippen molar-refractivity contribution in [2.45, 2.75) is 76.9 Å². The fourth-order valence-electron chi connectivity index (χ4n) is 5.67. The van der Waals surface area contributed by atoms with Crippen LogP contribution in [0.2, 0.25) is 0 Å². The van der Waals surface area contributed by atoms with Gasteiger partial charge in [-0.2, -0.15) is 0 Å². The summed E-state index contributed by atoms with van der Waals surface area (Å²) in [5.41, 5.74) is 3.46. The van der Waals surface area contributed by atoms with Crippen LogP contribution in [0.3, 0.4) is 0 Å². The minimum Gasteiger partial charge on any atom is -0.352 e. The van der Waals surface area contributed by atoms with E-state index in [9.17, 15) is 18.0 Å². The Morgan fingerprint density at radius 1 is 0.881 bits per heavy atom. The minimum absolute atomic E-state index is 0.118. The molecule has 3 aromatic rings. The Morgan fingerprint density at radius 3 is 2.14 bits per heavy atom. The number of nitrogens with zero attached hydrogens (tertiary/aromatic N) is 2. The monoisotopic (exact) mass is 589 g/mol. The van der Waals surface area contributed by atoms with E-state index in [4.69, 9.17) is 0 Å². The zero-order valence-electron chi connectivity index (χ0n) is 24.7. The van der Waals surface area contributed by atoms with Gasteiger partial charge in [-0.15, -0.1) is 0 Å². The Morgan fingerprint density at radius 2 is 1.52 bits per heavy atom. The maximum atomic E-state index is 14.0. The van der Waals surface area contributed by atoms with Crippen LogP contribution in [0.25, 0.3) is 0 Å².